The van der Waals surface area contributed by atoms with Crippen molar-refractivity contribution in [3.05, 3.63) is 0 Å². The van der Waals surface area contributed by atoms with Crippen molar-refractivity contribution in [2.24, 2.45) is 5.92 Å². The highest BCUT2D eigenvalue weighted by molar-refractivity contribution is 5.64. The lowest BCUT2D eigenvalue weighted by molar-refractivity contribution is -0.191. The van der Waals surface area contributed by atoms with Gasteiger partial charge in [-0.1, -0.05) is 19.8 Å². The predicted octanol–water partition coefficient (Wildman–Crippen LogP) is 2.36. The van der Waals surface area contributed by atoms with Gasteiger partial charge in [-0.15, -0.1) is 0 Å². The van der Waals surface area contributed by atoms with Gasteiger partial charge in [-0.2, -0.15) is 0 Å². The van der Waals surface area contributed by atoms with Crippen LogP contribution in [-0.2, 0) is 9.47 Å². The molecule has 2 fully saturated rings. The van der Waals surface area contributed by atoms with E-state index in [2.05, 4.69) is 12.2 Å². The fourth-order valence-electron chi connectivity index (χ4n) is 3.13. The molecule has 1 amide bonds. The molecule has 1 aliphatic carbocycles. The molecule has 0 unspecified atom stereocenters. The number of rotatable bonds is 4. The van der Waals surface area contributed by atoms with Crippen molar-refractivity contribution in [2.45, 2.75) is 57.3 Å². The Morgan fingerprint density at radius 3 is 2.78 bits per heavy atom. The molecular formula is C13H23NO4. The van der Waals surface area contributed by atoms with E-state index >= 15 is 0 Å². The summed E-state index contributed by atoms with van der Waals surface area (Å²) in [5.41, 5.74) is 0. The van der Waals surface area contributed by atoms with E-state index in [1.807, 2.05) is 0 Å². The molecule has 2 atom stereocenters. The molecule has 2 N–H and O–H groups in total. The summed E-state index contributed by atoms with van der Waals surface area (Å²) in [6, 6.07) is 0.0486. The van der Waals surface area contributed by atoms with Gasteiger partial charge in [0.05, 0.1) is 13.2 Å². The zero-order chi connectivity index (χ0) is 13.0. The highest BCUT2D eigenvalue weighted by Crippen LogP contribution is 2.40. The summed E-state index contributed by atoms with van der Waals surface area (Å²) in [6.07, 6.45) is 4.78. The quantitative estimate of drug-likeness (QED) is 0.811. The first-order valence-electron chi connectivity index (χ1n) is 6.92. The highest BCUT2D eigenvalue weighted by Gasteiger charge is 2.45. The summed E-state index contributed by atoms with van der Waals surface area (Å²) in [7, 11) is 0. The van der Waals surface area contributed by atoms with Crippen LogP contribution in [0.3, 0.4) is 0 Å². The number of ether oxygens (including phenoxy) is 2. The molecule has 5 heteroatoms. The van der Waals surface area contributed by atoms with E-state index in [1.165, 1.54) is 0 Å². The fraction of sp³-hybridized carbons (Fsp3) is 0.923. The van der Waals surface area contributed by atoms with Gasteiger partial charge in [-0.25, -0.2) is 4.79 Å². The molecule has 1 spiro atoms. The summed E-state index contributed by atoms with van der Waals surface area (Å²) in [5, 5.41) is 11.5. The van der Waals surface area contributed by atoms with Crippen LogP contribution in [0.4, 0.5) is 4.79 Å². The van der Waals surface area contributed by atoms with Crippen LogP contribution >= 0.6 is 0 Å². The average Bonchev–Trinajstić information content (AvgIpc) is 2.78. The molecule has 2 rings (SSSR count). The van der Waals surface area contributed by atoms with Gasteiger partial charge in [0.15, 0.2) is 5.79 Å². The topological polar surface area (TPSA) is 67.8 Å². The Morgan fingerprint density at radius 2 is 2.17 bits per heavy atom. The molecule has 0 bridgehead atoms. The minimum absolute atomic E-state index is 0.0486. The van der Waals surface area contributed by atoms with Gasteiger partial charge in [0.25, 0.3) is 0 Å². The second-order valence-corrected chi connectivity index (χ2v) is 5.31. The molecular weight excluding hydrogens is 234 g/mol. The van der Waals surface area contributed by atoms with Crippen LogP contribution in [0, 0.1) is 5.92 Å². The lowest BCUT2D eigenvalue weighted by atomic mass is 9.78. The van der Waals surface area contributed by atoms with Gasteiger partial charge >= 0.3 is 6.09 Å². The van der Waals surface area contributed by atoms with Gasteiger partial charge in [0.2, 0.25) is 0 Å². The summed E-state index contributed by atoms with van der Waals surface area (Å²) >= 11 is 0. The van der Waals surface area contributed by atoms with Crippen molar-refractivity contribution in [1.82, 2.24) is 5.32 Å². The average molecular weight is 257 g/mol. The monoisotopic (exact) mass is 257 g/mol. The van der Waals surface area contributed by atoms with Gasteiger partial charge in [-0.3, -0.25) is 0 Å². The number of carbonyl (C=O) groups is 1. The highest BCUT2D eigenvalue weighted by atomic mass is 16.7. The lowest BCUT2D eigenvalue weighted by Gasteiger charge is -2.41. The minimum atomic E-state index is -0.925. The molecule has 5 nitrogen and oxygen atoms in total. The van der Waals surface area contributed by atoms with Gasteiger partial charge in [-0.05, 0) is 18.8 Å². The molecule has 18 heavy (non-hydrogen) atoms. The van der Waals surface area contributed by atoms with Crippen molar-refractivity contribution < 1.29 is 19.4 Å². The molecule has 1 saturated heterocycles. The van der Waals surface area contributed by atoms with Crippen molar-refractivity contribution >= 4 is 6.09 Å². The number of hydrogen-bond donors (Lipinski definition) is 2. The summed E-state index contributed by atoms with van der Waals surface area (Å²) in [6.45, 7) is 3.48. The Labute approximate surface area is 108 Å². The fourth-order valence-corrected chi connectivity index (χ4v) is 3.13. The normalized spacial score (nSPS) is 30.5. The third kappa shape index (κ3) is 3.14. The smallest absolute Gasteiger partial charge is 0.404 e. The Hall–Kier alpha value is -0.810. The first-order valence-corrected chi connectivity index (χ1v) is 6.92. The molecule has 0 aromatic rings. The van der Waals surface area contributed by atoms with E-state index in [1.54, 1.807) is 0 Å². The Kier molecular flexibility index (Phi) is 4.45. The third-order valence-corrected chi connectivity index (χ3v) is 4.03. The molecule has 1 saturated carbocycles. The number of carboxylic acid groups (broad SMARTS) is 1. The van der Waals surface area contributed by atoms with E-state index in [0.717, 1.165) is 38.5 Å². The molecule has 0 aromatic heterocycles. The molecule has 0 radical (unpaired) electrons. The van der Waals surface area contributed by atoms with Gasteiger partial charge < -0.3 is 19.9 Å². The van der Waals surface area contributed by atoms with Crippen molar-refractivity contribution in [1.29, 1.82) is 0 Å². The van der Waals surface area contributed by atoms with Gasteiger partial charge in [0.1, 0.15) is 0 Å². The first kappa shape index (κ1) is 13.6. The second kappa shape index (κ2) is 5.89. The van der Waals surface area contributed by atoms with Crippen molar-refractivity contribution in [2.75, 3.05) is 13.2 Å². The van der Waals surface area contributed by atoms with Crippen molar-refractivity contribution in [3.8, 4) is 0 Å². The zero-order valence-electron chi connectivity index (χ0n) is 11.0. The maximum absolute atomic E-state index is 10.8. The number of nitrogens with one attached hydrogen (secondary N) is 1. The van der Waals surface area contributed by atoms with Crippen LogP contribution < -0.4 is 5.32 Å². The van der Waals surface area contributed by atoms with Crippen LogP contribution in [0.1, 0.15) is 45.4 Å². The molecule has 104 valence electrons. The first-order chi connectivity index (χ1) is 8.65. The van der Waals surface area contributed by atoms with Crippen LogP contribution in [0.15, 0.2) is 0 Å². The largest absolute Gasteiger partial charge is 0.465 e. The summed E-state index contributed by atoms with van der Waals surface area (Å²) in [5.74, 6) is -0.0948. The van der Waals surface area contributed by atoms with Gasteiger partial charge in [0, 0.05) is 18.9 Å². The summed E-state index contributed by atoms with van der Waals surface area (Å²) < 4.78 is 11.5. The van der Waals surface area contributed by atoms with E-state index in [9.17, 15) is 4.79 Å². The van der Waals surface area contributed by atoms with Crippen LogP contribution in [0.5, 0.6) is 0 Å². The van der Waals surface area contributed by atoms with Crippen LogP contribution in [-0.4, -0.2) is 36.2 Å². The van der Waals surface area contributed by atoms with Crippen LogP contribution in [0.25, 0.3) is 0 Å². The predicted molar refractivity (Wildman–Crippen MR) is 66.4 cm³/mol. The molecule has 1 aliphatic heterocycles. The lowest BCUT2D eigenvalue weighted by Crippen LogP contribution is -2.49. The number of amides is 1. The van der Waals surface area contributed by atoms with E-state index in [0.29, 0.717) is 19.1 Å². The zero-order valence-corrected chi connectivity index (χ0v) is 11.0. The Morgan fingerprint density at radius 1 is 1.44 bits per heavy atom. The van der Waals surface area contributed by atoms with E-state index in [4.69, 9.17) is 14.6 Å². The summed E-state index contributed by atoms with van der Waals surface area (Å²) in [4.78, 5) is 10.8. The molecule has 2 aliphatic rings. The second-order valence-electron chi connectivity index (χ2n) is 5.31. The van der Waals surface area contributed by atoms with E-state index < -0.39 is 11.9 Å². The Balaban J connectivity index is 1.97. The molecule has 0 aromatic carbocycles. The Bertz CT molecular complexity index is 289. The van der Waals surface area contributed by atoms with Crippen LogP contribution in [0.2, 0.25) is 0 Å². The molecule has 1 heterocycles. The maximum Gasteiger partial charge on any atom is 0.404 e. The third-order valence-electron chi connectivity index (χ3n) is 4.03. The maximum atomic E-state index is 10.8. The van der Waals surface area contributed by atoms with E-state index in [-0.39, 0.29) is 6.04 Å². The number of unbranched alkanes of at least 4 members (excludes halogenated alkanes) is 1. The van der Waals surface area contributed by atoms with Crippen molar-refractivity contribution in [3.63, 3.8) is 0 Å². The SMILES string of the molecule is CCCC[C@H]1CC2(CC[C@@H]1NC(=O)O)OCCO2. The minimum Gasteiger partial charge on any atom is -0.465 e. The standard InChI is InChI=1S/C13H23NO4/c1-2-3-4-10-9-13(17-7-8-18-13)6-5-11(10)14-12(15)16/h10-11,14H,2-9H2,1H3,(H,15,16)/t10-,11-/m0/s1. The number of hydrogen-bond acceptors (Lipinski definition) is 3.